The molecule has 0 saturated carbocycles. The van der Waals surface area contributed by atoms with E-state index >= 15 is 0 Å². The first kappa shape index (κ1) is 17.5. The van der Waals surface area contributed by atoms with Gasteiger partial charge in [0.15, 0.2) is 5.79 Å². The Bertz CT molecular complexity index is 804. The first-order valence-corrected chi connectivity index (χ1v) is 9.01. The van der Waals surface area contributed by atoms with E-state index in [2.05, 4.69) is 20.2 Å². The molecule has 8 heteroatoms. The largest absolute Gasteiger partial charge is 0.356 e. The maximum atomic E-state index is 13.3. The molecule has 0 radical (unpaired) electrons. The lowest BCUT2D eigenvalue weighted by atomic mass is 10.0. The Morgan fingerprint density at radius 1 is 1.15 bits per heavy atom. The molecule has 0 bridgehead atoms. The Morgan fingerprint density at radius 2 is 1.88 bits per heavy atom. The van der Waals surface area contributed by atoms with Gasteiger partial charge in [-0.3, -0.25) is 0 Å². The summed E-state index contributed by atoms with van der Waals surface area (Å²) >= 11 is 5.84. The summed E-state index contributed by atoms with van der Waals surface area (Å²) in [5.74, 6) is 1.29. The Hall–Kier alpha value is -1.96. The highest BCUT2D eigenvalue weighted by atomic mass is 35.5. The Kier molecular flexibility index (Phi) is 4.69. The third-order valence-corrected chi connectivity index (χ3v) is 4.97. The minimum Gasteiger partial charge on any atom is -0.356 e. The van der Waals surface area contributed by atoms with Crippen molar-refractivity contribution < 1.29 is 13.9 Å². The van der Waals surface area contributed by atoms with E-state index in [-0.39, 0.29) is 5.02 Å². The minimum atomic E-state index is -0.449. The summed E-state index contributed by atoms with van der Waals surface area (Å²) in [6, 6.07) is 6.37. The Morgan fingerprint density at radius 3 is 2.58 bits per heavy atom. The van der Waals surface area contributed by atoms with E-state index in [1.807, 2.05) is 13.0 Å². The van der Waals surface area contributed by atoms with Crippen molar-refractivity contribution >= 4 is 28.9 Å². The van der Waals surface area contributed by atoms with E-state index in [9.17, 15) is 4.39 Å². The molecule has 0 aliphatic carbocycles. The second-order valence-corrected chi connectivity index (χ2v) is 6.91. The predicted molar refractivity (Wildman–Crippen MR) is 97.5 cm³/mol. The average molecular weight is 379 g/mol. The number of piperidine rings is 1. The summed E-state index contributed by atoms with van der Waals surface area (Å²) in [5.41, 5.74) is 0.672. The summed E-state index contributed by atoms with van der Waals surface area (Å²) in [6.07, 6.45) is 1.62. The molecule has 2 saturated heterocycles. The van der Waals surface area contributed by atoms with Crippen LogP contribution >= 0.6 is 11.6 Å². The molecular weight excluding hydrogens is 359 g/mol. The van der Waals surface area contributed by atoms with Gasteiger partial charge in [0.05, 0.1) is 18.2 Å². The molecule has 138 valence electrons. The second kappa shape index (κ2) is 6.98. The van der Waals surface area contributed by atoms with Gasteiger partial charge in [-0.15, -0.1) is 0 Å². The number of anilines is 3. The number of nitrogens with zero attached hydrogens (tertiary/aromatic N) is 3. The molecule has 0 atom stereocenters. The number of benzene rings is 1. The maximum Gasteiger partial charge on any atom is 0.171 e. The third-order valence-electron chi connectivity index (χ3n) is 4.68. The normalized spacial score (nSPS) is 19.1. The lowest BCUT2D eigenvalue weighted by Crippen LogP contribution is -2.45. The van der Waals surface area contributed by atoms with Gasteiger partial charge >= 0.3 is 0 Å². The fourth-order valence-corrected chi connectivity index (χ4v) is 3.54. The molecule has 2 aliphatic rings. The number of hydrogen-bond donors (Lipinski definition) is 1. The standard InChI is InChI=1S/C18H20ClFN4O2/c1-12-21-16(23-13-2-3-15(20)14(19)10-13)11-17(22-12)24-6-4-18(5-7-24)25-8-9-26-18/h2-3,10-11H,4-9H2,1H3,(H,21,22,23). The molecule has 3 heterocycles. The lowest BCUT2D eigenvalue weighted by molar-refractivity contribution is -0.169. The molecule has 2 fully saturated rings. The zero-order chi connectivity index (χ0) is 18.1. The topological polar surface area (TPSA) is 59.5 Å². The fraction of sp³-hybridized carbons (Fsp3) is 0.444. The molecule has 2 aromatic rings. The Balaban J connectivity index is 1.50. The zero-order valence-electron chi connectivity index (χ0n) is 14.5. The molecule has 1 spiro atoms. The van der Waals surface area contributed by atoms with Gasteiger partial charge in [-0.1, -0.05) is 11.6 Å². The van der Waals surface area contributed by atoms with Crippen LogP contribution in [-0.4, -0.2) is 42.1 Å². The van der Waals surface area contributed by atoms with E-state index in [0.29, 0.717) is 30.5 Å². The van der Waals surface area contributed by atoms with Crippen LogP contribution in [0.4, 0.5) is 21.7 Å². The van der Waals surface area contributed by atoms with Crippen LogP contribution in [0.15, 0.2) is 24.3 Å². The van der Waals surface area contributed by atoms with Crippen molar-refractivity contribution in [3.8, 4) is 0 Å². The van der Waals surface area contributed by atoms with Crippen LogP contribution in [0, 0.1) is 12.7 Å². The van der Waals surface area contributed by atoms with Crippen molar-refractivity contribution in [2.75, 3.05) is 36.5 Å². The summed E-state index contributed by atoms with van der Waals surface area (Å²) in [7, 11) is 0. The highest BCUT2D eigenvalue weighted by molar-refractivity contribution is 6.31. The van der Waals surface area contributed by atoms with Gasteiger partial charge in [0.25, 0.3) is 0 Å². The van der Waals surface area contributed by atoms with Crippen molar-refractivity contribution in [2.45, 2.75) is 25.6 Å². The summed E-state index contributed by atoms with van der Waals surface area (Å²) in [5, 5.41) is 3.23. The van der Waals surface area contributed by atoms with Crippen molar-refractivity contribution in [3.63, 3.8) is 0 Å². The van der Waals surface area contributed by atoms with Crippen LogP contribution in [0.2, 0.25) is 5.02 Å². The lowest BCUT2D eigenvalue weighted by Gasteiger charge is -2.38. The number of halogens is 2. The molecule has 0 unspecified atom stereocenters. The number of aromatic nitrogens is 2. The van der Waals surface area contributed by atoms with Crippen LogP contribution in [0.1, 0.15) is 18.7 Å². The van der Waals surface area contributed by atoms with E-state index < -0.39 is 11.6 Å². The maximum absolute atomic E-state index is 13.3. The number of nitrogens with one attached hydrogen (secondary N) is 1. The third kappa shape index (κ3) is 3.60. The fourth-order valence-electron chi connectivity index (χ4n) is 3.36. The summed E-state index contributed by atoms with van der Waals surface area (Å²) in [6.45, 7) is 4.79. The first-order valence-electron chi connectivity index (χ1n) is 8.64. The number of ether oxygens (including phenoxy) is 2. The van der Waals surface area contributed by atoms with Gasteiger partial charge in [-0.25, -0.2) is 14.4 Å². The van der Waals surface area contributed by atoms with Crippen molar-refractivity contribution in [1.29, 1.82) is 0 Å². The number of aryl methyl sites for hydroxylation is 1. The molecule has 1 N–H and O–H groups in total. The molecule has 1 aromatic heterocycles. The van der Waals surface area contributed by atoms with E-state index in [1.54, 1.807) is 6.07 Å². The Labute approximate surface area is 156 Å². The van der Waals surface area contributed by atoms with Gasteiger partial charge in [-0.2, -0.15) is 0 Å². The van der Waals surface area contributed by atoms with Gasteiger partial charge in [-0.05, 0) is 25.1 Å². The quantitative estimate of drug-likeness (QED) is 0.879. The van der Waals surface area contributed by atoms with E-state index in [1.165, 1.54) is 12.1 Å². The monoisotopic (exact) mass is 378 g/mol. The van der Waals surface area contributed by atoms with Crippen LogP contribution < -0.4 is 10.2 Å². The average Bonchev–Trinajstić information content (AvgIpc) is 3.06. The van der Waals surface area contributed by atoms with Crippen molar-refractivity contribution in [1.82, 2.24) is 9.97 Å². The predicted octanol–water partition coefficient (Wildman–Crippen LogP) is 3.66. The summed E-state index contributed by atoms with van der Waals surface area (Å²) < 4.78 is 24.9. The van der Waals surface area contributed by atoms with Gasteiger partial charge in [0.2, 0.25) is 0 Å². The van der Waals surface area contributed by atoms with Crippen LogP contribution in [0.3, 0.4) is 0 Å². The zero-order valence-corrected chi connectivity index (χ0v) is 15.2. The molecular formula is C18H20ClFN4O2. The van der Waals surface area contributed by atoms with Crippen molar-refractivity contribution in [2.24, 2.45) is 0 Å². The molecule has 0 amide bonds. The van der Waals surface area contributed by atoms with Gasteiger partial charge in [0, 0.05) is 37.7 Å². The smallest absolute Gasteiger partial charge is 0.171 e. The SMILES string of the molecule is Cc1nc(Nc2ccc(F)c(Cl)c2)cc(N2CCC3(CC2)OCCO3)n1. The molecule has 1 aromatic carbocycles. The molecule has 26 heavy (non-hydrogen) atoms. The first-order chi connectivity index (χ1) is 12.5. The molecule has 6 nitrogen and oxygen atoms in total. The van der Waals surface area contributed by atoms with Gasteiger partial charge in [0.1, 0.15) is 23.3 Å². The molecule has 4 rings (SSSR count). The van der Waals surface area contributed by atoms with E-state index in [0.717, 1.165) is 31.7 Å². The van der Waals surface area contributed by atoms with E-state index in [4.69, 9.17) is 21.1 Å². The van der Waals surface area contributed by atoms with Crippen molar-refractivity contribution in [3.05, 3.63) is 40.9 Å². The highest BCUT2D eigenvalue weighted by Crippen LogP contribution is 2.33. The van der Waals surface area contributed by atoms with Crippen LogP contribution in [0.25, 0.3) is 0 Å². The molecule has 2 aliphatic heterocycles. The van der Waals surface area contributed by atoms with Crippen LogP contribution in [-0.2, 0) is 9.47 Å². The number of rotatable bonds is 3. The second-order valence-electron chi connectivity index (χ2n) is 6.51. The minimum absolute atomic E-state index is 0.0684. The van der Waals surface area contributed by atoms with Crippen LogP contribution in [0.5, 0.6) is 0 Å². The summed E-state index contributed by atoms with van der Waals surface area (Å²) in [4.78, 5) is 11.2. The van der Waals surface area contributed by atoms with Gasteiger partial charge < -0.3 is 19.7 Å². The highest BCUT2D eigenvalue weighted by Gasteiger charge is 2.40. The number of hydrogen-bond acceptors (Lipinski definition) is 6.